The molecule has 0 aromatic carbocycles. The second-order valence-corrected chi connectivity index (χ2v) is 7.54. The fraction of sp³-hybridized carbons (Fsp3) is 0.789. The number of carbonyl (C=O) groups excluding carboxylic acids is 2. The maximum atomic E-state index is 12.3. The van der Waals surface area contributed by atoms with Crippen LogP contribution in [0.3, 0.4) is 0 Å². The summed E-state index contributed by atoms with van der Waals surface area (Å²) in [5, 5.41) is 12.5. The van der Waals surface area contributed by atoms with E-state index in [2.05, 4.69) is 16.3 Å². The van der Waals surface area contributed by atoms with E-state index in [0.717, 1.165) is 32.5 Å². The van der Waals surface area contributed by atoms with Crippen LogP contribution in [0.1, 0.15) is 64.2 Å². The Bertz CT molecular complexity index is 486. The number of carbonyl (C=O) groups is 2. The number of primary amides is 1. The average molecular weight is 347 g/mol. The number of nitriles is 1. The molecule has 6 heteroatoms. The standard InChI is InChI=1S/C19H31N4O2/c20-15-19(10-13-23(14-11-19)12-4-7-17(21)24)22-18(25)9-8-16-5-2-1-3-6-16/h9,16H,1-8,10-14H2,(H2,21,24)(H,22,25). The second-order valence-electron chi connectivity index (χ2n) is 7.54. The minimum Gasteiger partial charge on any atom is -0.370 e. The highest BCUT2D eigenvalue weighted by Gasteiger charge is 2.36. The van der Waals surface area contributed by atoms with E-state index in [1.807, 2.05) is 0 Å². The van der Waals surface area contributed by atoms with Gasteiger partial charge in [-0.05, 0) is 38.1 Å². The lowest BCUT2D eigenvalue weighted by Crippen LogP contribution is -2.54. The first-order chi connectivity index (χ1) is 12.0. The van der Waals surface area contributed by atoms with Gasteiger partial charge in [0.1, 0.15) is 5.54 Å². The first-order valence-electron chi connectivity index (χ1n) is 9.60. The zero-order valence-corrected chi connectivity index (χ0v) is 15.1. The van der Waals surface area contributed by atoms with E-state index in [9.17, 15) is 14.9 Å². The van der Waals surface area contributed by atoms with Crippen LogP contribution in [0.5, 0.6) is 0 Å². The van der Waals surface area contributed by atoms with Crippen molar-refractivity contribution in [2.45, 2.75) is 69.7 Å². The van der Waals surface area contributed by atoms with E-state index in [1.54, 1.807) is 6.42 Å². The lowest BCUT2D eigenvalue weighted by molar-refractivity contribution is -0.120. The molecule has 2 aliphatic rings. The molecule has 1 aliphatic carbocycles. The molecule has 1 saturated heterocycles. The molecule has 0 aromatic rings. The SMILES string of the molecule is N#CC1(NC(=O)[CH]CC2CCCCC2)CCN(CCCC(N)=O)CC1. The predicted octanol–water partition coefficient (Wildman–Crippen LogP) is 1.90. The van der Waals surface area contributed by atoms with Crippen LogP contribution in [-0.2, 0) is 9.59 Å². The van der Waals surface area contributed by atoms with Crippen molar-refractivity contribution in [3.63, 3.8) is 0 Å². The fourth-order valence-electron chi connectivity index (χ4n) is 3.88. The Hall–Kier alpha value is -1.61. The highest BCUT2D eigenvalue weighted by atomic mass is 16.2. The van der Waals surface area contributed by atoms with Crippen molar-refractivity contribution in [1.82, 2.24) is 10.2 Å². The van der Waals surface area contributed by atoms with E-state index in [0.29, 0.717) is 25.2 Å². The van der Waals surface area contributed by atoms with Gasteiger partial charge in [-0.15, -0.1) is 0 Å². The number of nitrogens with two attached hydrogens (primary N) is 1. The van der Waals surface area contributed by atoms with E-state index < -0.39 is 5.54 Å². The van der Waals surface area contributed by atoms with E-state index in [1.165, 1.54) is 32.1 Å². The van der Waals surface area contributed by atoms with Crippen molar-refractivity contribution in [1.29, 1.82) is 5.26 Å². The van der Waals surface area contributed by atoms with Crippen molar-refractivity contribution < 1.29 is 9.59 Å². The summed E-state index contributed by atoms with van der Waals surface area (Å²) in [5.41, 5.74) is 4.41. The monoisotopic (exact) mass is 347 g/mol. The number of nitrogens with zero attached hydrogens (tertiary/aromatic N) is 2. The number of likely N-dealkylation sites (tertiary alicyclic amines) is 1. The number of hydrogen-bond acceptors (Lipinski definition) is 4. The molecule has 2 fully saturated rings. The molecule has 139 valence electrons. The lowest BCUT2D eigenvalue weighted by Gasteiger charge is -2.37. The van der Waals surface area contributed by atoms with Gasteiger partial charge in [0.25, 0.3) is 0 Å². The van der Waals surface area contributed by atoms with E-state index >= 15 is 0 Å². The third-order valence-corrected chi connectivity index (χ3v) is 5.54. The van der Waals surface area contributed by atoms with Crippen LogP contribution in [0.25, 0.3) is 0 Å². The molecule has 1 heterocycles. The molecule has 2 amide bonds. The smallest absolute Gasteiger partial charge is 0.225 e. The van der Waals surface area contributed by atoms with Gasteiger partial charge in [-0.1, -0.05) is 32.1 Å². The topological polar surface area (TPSA) is 99.2 Å². The highest BCUT2D eigenvalue weighted by molar-refractivity contribution is 5.85. The largest absolute Gasteiger partial charge is 0.370 e. The Balaban J connectivity index is 1.71. The number of hydrogen-bond donors (Lipinski definition) is 2. The van der Waals surface area contributed by atoms with Gasteiger partial charge in [-0.2, -0.15) is 5.26 Å². The maximum absolute atomic E-state index is 12.3. The molecule has 2 rings (SSSR count). The van der Waals surface area contributed by atoms with Gasteiger partial charge in [0.15, 0.2) is 0 Å². The summed E-state index contributed by atoms with van der Waals surface area (Å²) in [7, 11) is 0. The van der Waals surface area contributed by atoms with Gasteiger partial charge in [-0.3, -0.25) is 9.59 Å². The highest BCUT2D eigenvalue weighted by Crippen LogP contribution is 2.27. The Labute approximate surface area is 151 Å². The van der Waals surface area contributed by atoms with Crippen LogP contribution < -0.4 is 11.1 Å². The Kier molecular flexibility index (Phi) is 7.70. The van der Waals surface area contributed by atoms with Gasteiger partial charge in [0, 0.05) is 25.9 Å². The summed E-state index contributed by atoms with van der Waals surface area (Å²) < 4.78 is 0. The minimum atomic E-state index is -0.750. The Morgan fingerprint density at radius 3 is 2.52 bits per heavy atom. The molecule has 0 bridgehead atoms. The normalized spacial score (nSPS) is 21.4. The van der Waals surface area contributed by atoms with Crippen molar-refractivity contribution in [3.05, 3.63) is 6.42 Å². The molecule has 0 unspecified atom stereocenters. The zero-order chi connectivity index (χ0) is 18.1. The molecule has 25 heavy (non-hydrogen) atoms. The van der Waals surface area contributed by atoms with Crippen molar-refractivity contribution in [3.8, 4) is 6.07 Å². The van der Waals surface area contributed by atoms with E-state index in [4.69, 9.17) is 5.73 Å². The van der Waals surface area contributed by atoms with Crippen LogP contribution in [0, 0.1) is 23.7 Å². The molecule has 3 N–H and O–H groups in total. The minimum absolute atomic E-state index is 0.102. The van der Waals surface area contributed by atoms with Crippen LogP contribution >= 0.6 is 0 Å². The first kappa shape index (κ1) is 19.7. The number of piperidine rings is 1. The summed E-state index contributed by atoms with van der Waals surface area (Å²) in [6, 6.07) is 2.33. The van der Waals surface area contributed by atoms with Crippen molar-refractivity contribution >= 4 is 11.8 Å². The third-order valence-electron chi connectivity index (χ3n) is 5.54. The zero-order valence-electron chi connectivity index (χ0n) is 15.1. The summed E-state index contributed by atoms with van der Waals surface area (Å²) in [4.78, 5) is 25.3. The summed E-state index contributed by atoms with van der Waals surface area (Å²) in [6.45, 7) is 2.33. The maximum Gasteiger partial charge on any atom is 0.225 e. The first-order valence-corrected chi connectivity index (χ1v) is 9.60. The molecular formula is C19H31N4O2. The molecule has 1 saturated carbocycles. The third kappa shape index (κ3) is 6.66. The molecule has 6 nitrogen and oxygen atoms in total. The van der Waals surface area contributed by atoms with Crippen molar-refractivity contribution in [2.24, 2.45) is 11.7 Å². The van der Waals surface area contributed by atoms with Gasteiger partial charge in [0.05, 0.1) is 6.07 Å². The summed E-state index contributed by atoms with van der Waals surface area (Å²) in [6.07, 6.45) is 11.3. The second kappa shape index (κ2) is 9.76. The Morgan fingerprint density at radius 1 is 1.24 bits per heavy atom. The van der Waals surface area contributed by atoms with Crippen LogP contribution in [0.15, 0.2) is 0 Å². The van der Waals surface area contributed by atoms with E-state index in [-0.39, 0.29) is 11.8 Å². The average Bonchev–Trinajstić information content (AvgIpc) is 2.62. The van der Waals surface area contributed by atoms with Crippen LogP contribution in [-0.4, -0.2) is 41.9 Å². The van der Waals surface area contributed by atoms with Gasteiger partial charge in [0.2, 0.25) is 11.8 Å². The van der Waals surface area contributed by atoms with Crippen LogP contribution in [0.2, 0.25) is 0 Å². The number of amides is 2. The molecule has 0 aromatic heterocycles. The van der Waals surface area contributed by atoms with Gasteiger partial charge >= 0.3 is 0 Å². The van der Waals surface area contributed by atoms with Crippen molar-refractivity contribution in [2.75, 3.05) is 19.6 Å². The molecule has 0 spiro atoms. The molecular weight excluding hydrogens is 316 g/mol. The number of rotatable bonds is 8. The number of nitrogens with one attached hydrogen (secondary N) is 1. The van der Waals surface area contributed by atoms with Crippen LogP contribution in [0.4, 0.5) is 0 Å². The fourth-order valence-corrected chi connectivity index (χ4v) is 3.88. The predicted molar refractivity (Wildman–Crippen MR) is 96.1 cm³/mol. The molecule has 0 atom stereocenters. The molecule has 1 radical (unpaired) electrons. The lowest BCUT2D eigenvalue weighted by atomic mass is 9.85. The molecule has 1 aliphatic heterocycles. The van der Waals surface area contributed by atoms with Gasteiger partial charge < -0.3 is 16.0 Å². The Morgan fingerprint density at radius 2 is 1.92 bits per heavy atom. The quantitative estimate of drug-likeness (QED) is 0.700. The van der Waals surface area contributed by atoms with Gasteiger partial charge in [-0.25, -0.2) is 0 Å². The summed E-state index contributed by atoms with van der Waals surface area (Å²) in [5.74, 6) is 0.253. The summed E-state index contributed by atoms with van der Waals surface area (Å²) >= 11 is 0.